The van der Waals surface area contributed by atoms with E-state index in [2.05, 4.69) is 13.8 Å². The van der Waals surface area contributed by atoms with Crippen molar-refractivity contribution in [2.45, 2.75) is 90.9 Å². The molecule has 0 saturated carbocycles. The van der Waals surface area contributed by atoms with Gasteiger partial charge in [0.05, 0.1) is 24.3 Å². The van der Waals surface area contributed by atoms with Gasteiger partial charge < -0.3 is 19.7 Å². The van der Waals surface area contributed by atoms with Crippen molar-refractivity contribution in [1.29, 1.82) is 0 Å². The van der Waals surface area contributed by atoms with Gasteiger partial charge in [-0.3, -0.25) is 0 Å². The summed E-state index contributed by atoms with van der Waals surface area (Å²) in [7, 11) is 0. The van der Waals surface area contributed by atoms with Gasteiger partial charge >= 0.3 is 18.1 Å². The fourth-order valence-corrected chi connectivity index (χ4v) is 3.09. The van der Waals surface area contributed by atoms with Crippen LogP contribution in [0.2, 0.25) is 0 Å². The highest BCUT2D eigenvalue weighted by atomic mass is 16.6. The molecule has 0 aliphatic carbocycles. The second-order valence-electron chi connectivity index (χ2n) is 7.64. The van der Waals surface area contributed by atoms with Crippen molar-refractivity contribution in [2.75, 3.05) is 13.2 Å². The minimum Gasteiger partial charge on any atom is -0.462 e. The Bertz CT molecular complexity index is 590. The first-order chi connectivity index (χ1) is 15.4. The molecule has 0 bridgehead atoms. The molecule has 0 unspecified atom stereocenters. The summed E-state index contributed by atoms with van der Waals surface area (Å²) < 4.78 is 10.7. The van der Waals surface area contributed by atoms with E-state index in [9.17, 15) is 9.59 Å². The van der Waals surface area contributed by atoms with Crippen LogP contribution in [0.25, 0.3) is 0 Å². The first-order valence-electron chi connectivity index (χ1n) is 11.8. The van der Waals surface area contributed by atoms with Gasteiger partial charge in [0.2, 0.25) is 0 Å². The first kappa shape index (κ1) is 29.4. The molecule has 1 aromatic carbocycles. The highest BCUT2D eigenvalue weighted by Crippen LogP contribution is 2.14. The molecular formula is C25H40O7. The molecule has 0 saturated heterocycles. The van der Waals surface area contributed by atoms with Crippen LogP contribution < -0.4 is 0 Å². The summed E-state index contributed by atoms with van der Waals surface area (Å²) in [5.41, 5.74) is 0.586. The number of carbonyl (C=O) groups is 3. The van der Waals surface area contributed by atoms with Gasteiger partial charge in [-0.25, -0.2) is 14.4 Å². The number of ether oxygens (including phenoxy) is 2. The molecule has 0 atom stereocenters. The molecule has 1 rings (SSSR count). The Kier molecular flexibility index (Phi) is 18.7. The van der Waals surface area contributed by atoms with Gasteiger partial charge in [0.25, 0.3) is 0 Å². The zero-order valence-electron chi connectivity index (χ0n) is 19.6. The van der Waals surface area contributed by atoms with Crippen LogP contribution in [-0.4, -0.2) is 41.5 Å². The Balaban J connectivity index is 0.00000220. The zero-order chi connectivity index (χ0) is 24.0. The summed E-state index contributed by atoms with van der Waals surface area (Å²) in [6.45, 7) is 5.17. The summed E-state index contributed by atoms with van der Waals surface area (Å²) in [6, 6.07) is 6.74. The molecule has 0 heterocycles. The SMILES string of the molecule is CCCCCCCCOC(=O)c1ccccc1C(=O)OCCCCCCCC.O=C(O)O. The normalized spacial score (nSPS) is 10.1. The van der Waals surface area contributed by atoms with E-state index in [4.69, 9.17) is 24.5 Å². The van der Waals surface area contributed by atoms with Gasteiger partial charge in [0.1, 0.15) is 0 Å². The minimum absolute atomic E-state index is 0.293. The summed E-state index contributed by atoms with van der Waals surface area (Å²) in [4.78, 5) is 33.3. The van der Waals surface area contributed by atoms with Crippen molar-refractivity contribution in [2.24, 2.45) is 0 Å². The lowest BCUT2D eigenvalue weighted by atomic mass is 10.1. The molecule has 7 nitrogen and oxygen atoms in total. The second kappa shape index (κ2) is 20.3. The number of hydrogen-bond acceptors (Lipinski definition) is 5. The predicted octanol–water partition coefficient (Wildman–Crippen LogP) is 6.94. The molecule has 32 heavy (non-hydrogen) atoms. The maximum absolute atomic E-state index is 12.4. The largest absolute Gasteiger partial charge is 0.503 e. The van der Waals surface area contributed by atoms with E-state index in [-0.39, 0.29) is 0 Å². The molecule has 7 heteroatoms. The van der Waals surface area contributed by atoms with E-state index in [1.54, 1.807) is 24.3 Å². The Morgan fingerprint density at radius 2 is 0.938 bits per heavy atom. The van der Waals surface area contributed by atoms with Gasteiger partial charge in [-0.2, -0.15) is 0 Å². The maximum atomic E-state index is 12.4. The standard InChI is InChI=1S/C24H38O4.CH2O3/c1-3-5-7-9-11-15-19-27-23(25)21-17-13-14-18-22(21)24(26)28-20-16-12-10-8-6-4-2;2-1(3)4/h13-14,17-18H,3-12,15-16,19-20H2,1-2H3;(H2,2,3,4). The number of benzene rings is 1. The number of unbranched alkanes of at least 4 members (excludes halogenated alkanes) is 10. The number of carboxylic acid groups (broad SMARTS) is 2. The van der Waals surface area contributed by atoms with Crippen LogP contribution in [0.4, 0.5) is 4.79 Å². The summed E-state index contributed by atoms with van der Waals surface area (Å²) >= 11 is 0. The van der Waals surface area contributed by atoms with E-state index < -0.39 is 18.1 Å². The van der Waals surface area contributed by atoms with Crippen LogP contribution >= 0.6 is 0 Å². The fourth-order valence-electron chi connectivity index (χ4n) is 3.09. The topological polar surface area (TPSA) is 110 Å². The van der Waals surface area contributed by atoms with Crippen LogP contribution in [0.3, 0.4) is 0 Å². The van der Waals surface area contributed by atoms with Crippen molar-refractivity contribution in [3.05, 3.63) is 35.4 Å². The average Bonchev–Trinajstić information content (AvgIpc) is 2.77. The average molecular weight is 453 g/mol. The molecule has 0 aromatic heterocycles. The van der Waals surface area contributed by atoms with E-state index in [1.165, 1.54) is 51.4 Å². The first-order valence-corrected chi connectivity index (χ1v) is 11.8. The van der Waals surface area contributed by atoms with Crippen molar-refractivity contribution < 1.29 is 34.1 Å². The molecule has 0 aliphatic rings. The van der Waals surface area contributed by atoms with Crippen molar-refractivity contribution >= 4 is 18.1 Å². The van der Waals surface area contributed by atoms with Gasteiger partial charge in [-0.15, -0.1) is 0 Å². The maximum Gasteiger partial charge on any atom is 0.503 e. The number of rotatable bonds is 16. The Hall–Kier alpha value is -2.57. The predicted molar refractivity (Wildman–Crippen MR) is 124 cm³/mol. The van der Waals surface area contributed by atoms with E-state index in [1.807, 2.05) is 0 Å². The molecule has 0 fully saturated rings. The highest BCUT2D eigenvalue weighted by molar-refractivity contribution is 6.03. The lowest BCUT2D eigenvalue weighted by molar-refractivity contribution is 0.0450. The van der Waals surface area contributed by atoms with E-state index in [0.717, 1.165) is 25.7 Å². The molecule has 0 radical (unpaired) electrons. The van der Waals surface area contributed by atoms with Crippen LogP contribution in [-0.2, 0) is 9.47 Å². The fraction of sp³-hybridized carbons (Fsp3) is 0.640. The lowest BCUT2D eigenvalue weighted by Crippen LogP contribution is -2.15. The third-order valence-corrected chi connectivity index (χ3v) is 4.83. The van der Waals surface area contributed by atoms with Crippen molar-refractivity contribution in [3.8, 4) is 0 Å². The third kappa shape index (κ3) is 16.2. The quantitative estimate of drug-likeness (QED) is 0.206. The Labute approximate surface area is 192 Å². The molecular weight excluding hydrogens is 412 g/mol. The Morgan fingerprint density at radius 3 is 1.28 bits per heavy atom. The number of esters is 2. The molecule has 1 aromatic rings. The summed E-state index contributed by atoms with van der Waals surface area (Å²) in [5.74, 6) is -0.888. The lowest BCUT2D eigenvalue weighted by Gasteiger charge is -2.10. The van der Waals surface area contributed by atoms with Gasteiger partial charge in [-0.05, 0) is 25.0 Å². The molecule has 2 N–H and O–H groups in total. The van der Waals surface area contributed by atoms with Gasteiger partial charge in [0.15, 0.2) is 0 Å². The summed E-state index contributed by atoms with van der Waals surface area (Å²) in [5, 5.41) is 13.9. The van der Waals surface area contributed by atoms with E-state index in [0.29, 0.717) is 24.3 Å². The Morgan fingerprint density at radius 1 is 0.625 bits per heavy atom. The molecule has 0 spiro atoms. The van der Waals surface area contributed by atoms with Crippen molar-refractivity contribution in [3.63, 3.8) is 0 Å². The van der Waals surface area contributed by atoms with Gasteiger partial charge in [0, 0.05) is 0 Å². The number of hydrogen-bond donors (Lipinski definition) is 2. The van der Waals surface area contributed by atoms with Crippen LogP contribution in [0.1, 0.15) is 112 Å². The molecule has 0 aliphatic heterocycles. The van der Waals surface area contributed by atoms with Crippen LogP contribution in [0, 0.1) is 0 Å². The highest BCUT2D eigenvalue weighted by Gasteiger charge is 2.18. The van der Waals surface area contributed by atoms with Crippen LogP contribution in [0.15, 0.2) is 24.3 Å². The van der Waals surface area contributed by atoms with Gasteiger partial charge in [-0.1, -0.05) is 90.2 Å². The molecule has 182 valence electrons. The zero-order valence-corrected chi connectivity index (χ0v) is 19.6. The third-order valence-electron chi connectivity index (χ3n) is 4.83. The minimum atomic E-state index is -1.83. The van der Waals surface area contributed by atoms with Crippen molar-refractivity contribution in [1.82, 2.24) is 0 Å². The van der Waals surface area contributed by atoms with E-state index >= 15 is 0 Å². The van der Waals surface area contributed by atoms with Crippen LogP contribution in [0.5, 0.6) is 0 Å². The second-order valence-corrected chi connectivity index (χ2v) is 7.64. The molecule has 0 amide bonds. The smallest absolute Gasteiger partial charge is 0.462 e. The summed E-state index contributed by atoms with van der Waals surface area (Å²) in [6.07, 6.45) is 11.8. The number of carbonyl (C=O) groups excluding carboxylic acids is 2. The monoisotopic (exact) mass is 452 g/mol.